The van der Waals surface area contributed by atoms with Gasteiger partial charge in [-0.1, -0.05) is 19.1 Å². The monoisotopic (exact) mass is 340 g/mol. The summed E-state index contributed by atoms with van der Waals surface area (Å²) in [5.74, 6) is 0.691. The van der Waals surface area contributed by atoms with Crippen LogP contribution in [0.3, 0.4) is 0 Å². The van der Waals surface area contributed by atoms with E-state index in [0.29, 0.717) is 12.5 Å². The van der Waals surface area contributed by atoms with Gasteiger partial charge in [-0.2, -0.15) is 0 Å². The van der Waals surface area contributed by atoms with Crippen molar-refractivity contribution in [2.75, 3.05) is 13.6 Å². The van der Waals surface area contributed by atoms with E-state index in [9.17, 15) is 13.5 Å². The van der Waals surface area contributed by atoms with Gasteiger partial charge in [-0.15, -0.1) is 0 Å². The molecule has 1 atom stereocenters. The number of hydrogen-bond acceptors (Lipinski definition) is 4. The molecule has 0 radical (unpaired) electrons. The average molecular weight is 340 g/mol. The lowest BCUT2D eigenvalue weighted by molar-refractivity contribution is -0.00784. The van der Waals surface area contributed by atoms with Gasteiger partial charge in [-0.05, 0) is 63.3 Å². The Morgan fingerprint density at radius 3 is 2.61 bits per heavy atom. The van der Waals surface area contributed by atoms with Crippen molar-refractivity contribution in [1.29, 1.82) is 0 Å². The van der Waals surface area contributed by atoms with E-state index in [1.165, 1.54) is 7.05 Å². The van der Waals surface area contributed by atoms with Gasteiger partial charge in [0.25, 0.3) is 0 Å². The van der Waals surface area contributed by atoms with Crippen LogP contribution in [0.15, 0.2) is 29.2 Å². The second-order valence-corrected chi connectivity index (χ2v) is 8.68. The fourth-order valence-corrected chi connectivity index (χ4v) is 3.79. The van der Waals surface area contributed by atoms with Crippen LogP contribution in [0.25, 0.3) is 0 Å². The summed E-state index contributed by atoms with van der Waals surface area (Å²) >= 11 is 0. The maximum atomic E-state index is 11.9. The fraction of sp³-hybridized carbons (Fsp3) is 0.647. The Kier molecular flexibility index (Phi) is 5.84. The molecule has 0 unspecified atom stereocenters. The maximum absolute atomic E-state index is 11.9. The van der Waals surface area contributed by atoms with Gasteiger partial charge < -0.3 is 10.4 Å². The first-order valence-electron chi connectivity index (χ1n) is 8.25. The minimum absolute atomic E-state index is 0.0228. The molecular formula is C17H28N2O3S. The molecule has 0 aliphatic heterocycles. The Bertz CT molecular complexity index is 622. The number of benzene rings is 1. The molecule has 0 saturated heterocycles. The van der Waals surface area contributed by atoms with E-state index in [1.54, 1.807) is 18.2 Å². The van der Waals surface area contributed by atoms with E-state index in [0.717, 1.165) is 31.2 Å². The first-order chi connectivity index (χ1) is 10.8. The van der Waals surface area contributed by atoms with Crippen molar-refractivity contribution in [3.05, 3.63) is 29.8 Å². The van der Waals surface area contributed by atoms with Gasteiger partial charge in [0.15, 0.2) is 0 Å². The minimum atomic E-state index is -3.44. The summed E-state index contributed by atoms with van der Waals surface area (Å²) < 4.78 is 26.1. The van der Waals surface area contributed by atoms with Crippen LogP contribution in [-0.4, -0.2) is 32.7 Å². The van der Waals surface area contributed by atoms with Crippen LogP contribution in [-0.2, 0) is 10.0 Å². The summed E-state index contributed by atoms with van der Waals surface area (Å²) in [7, 11) is -2.03. The highest BCUT2D eigenvalue weighted by Crippen LogP contribution is 2.31. The van der Waals surface area contributed by atoms with E-state index in [4.69, 9.17) is 0 Å². The molecule has 0 aromatic heterocycles. The fourth-order valence-electron chi connectivity index (χ4n) is 3.01. The molecule has 6 heteroatoms. The predicted octanol–water partition coefficient (Wildman–Crippen LogP) is 2.19. The van der Waals surface area contributed by atoms with Crippen LogP contribution in [0, 0.1) is 5.92 Å². The summed E-state index contributed by atoms with van der Waals surface area (Å²) in [6.07, 6.45) is 3.76. The normalized spacial score (nSPS) is 26.9. The lowest BCUT2D eigenvalue weighted by atomic mass is 9.79. The molecule has 1 saturated carbocycles. The first-order valence-corrected chi connectivity index (χ1v) is 9.73. The van der Waals surface area contributed by atoms with Crippen LogP contribution >= 0.6 is 0 Å². The Balaban J connectivity index is 2.01. The summed E-state index contributed by atoms with van der Waals surface area (Å²) in [6.45, 7) is 4.74. The SMILES string of the molecule is CNS(=O)(=O)c1cccc([C@@H](C)NCC2(O)CCC(C)CC2)c1. The predicted molar refractivity (Wildman–Crippen MR) is 91.7 cm³/mol. The van der Waals surface area contributed by atoms with Gasteiger partial charge in [0, 0.05) is 12.6 Å². The van der Waals surface area contributed by atoms with Crippen molar-refractivity contribution in [1.82, 2.24) is 10.0 Å². The molecule has 130 valence electrons. The first kappa shape index (κ1) is 18.4. The Hall–Kier alpha value is -0.950. The summed E-state index contributed by atoms with van der Waals surface area (Å²) in [6, 6.07) is 6.88. The molecule has 0 spiro atoms. The molecule has 0 heterocycles. The highest BCUT2D eigenvalue weighted by molar-refractivity contribution is 7.89. The van der Waals surface area contributed by atoms with Crippen LogP contribution in [0.2, 0.25) is 0 Å². The highest BCUT2D eigenvalue weighted by atomic mass is 32.2. The van der Waals surface area contributed by atoms with Crippen molar-refractivity contribution >= 4 is 10.0 Å². The molecular weight excluding hydrogens is 312 g/mol. The van der Waals surface area contributed by atoms with Gasteiger partial charge in [0.2, 0.25) is 10.0 Å². The molecule has 0 bridgehead atoms. The zero-order chi connectivity index (χ0) is 17.1. The van der Waals surface area contributed by atoms with E-state index < -0.39 is 15.6 Å². The standard InChI is InChI=1S/C17H28N2O3S/c1-13-7-9-17(20,10-8-13)12-19-14(2)15-5-4-6-16(11-15)23(21,22)18-3/h4-6,11,13-14,18-20H,7-10,12H2,1-3H3/t13?,14-,17?/m1/s1. The molecule has 5 nitrogen and oxygen atoms in total. The van der Waals surface area contributed by atoms with E-state index in [1.807, 2.05) is 13.0 Å². The molecule has 2 rings (SSSR count). The van der Waals surface area contributed by atoms with Crippen LogP contribution in [0.5, 0.6) is 0 Å². The van der Waals surface area contributed by atoms with E-state index in [-0.39, 0.29) is 10.9 Å². The molecule has 1 aliphatic carbocycles. The number of sulfonamides is 1. The largest absolute Gasteiger partial charge is 0.389 e. The van der Waals surface area contributed by atoms with Gasteiger partial charge in [0.1, 0.15) is 0 Å². The third kappa shape index (κ3) is 4.76. The van der Waals surface area contributed by atoms with Gasteiger partial charge >= 0.3 is 0 Å². The third-order valence-electron chi connectivity index (χ3n) is 4.88. The Labute approximate surface area is 139 Å². The van der Waals surface area contributed by atoms with Crippen LogP contribution in [0.4, 0.5) is 0 Å². The van der Waals surface area contributed by atoms with Crippen molar-refractivity contribution in [2.45, 2.75) is 56.1 Å². The quantitative estimate of drug-likeness (QED) is 0.742. The zero-order valence-electron chi connectivity index (χ0n) is 14.2. The van der Waals surface area contributed by atoms with E-state index >= 15 is 0 Å². The number of hydrogen-bond donors (Lipinski definition) is 3. The molecule has 23 heavy (non-hydrogen) atoms. The highest BCUT2D eigenvalue weighted by Gasteiger charge is 2.31. The summed E-state index contributed by atoms with van der Waals surface area (Å²) in [4.78, 5) is 0.261. The molecule has 3 N–H and O–H groups in total. The minimum Gasteiger partial charge on any atom is -0.389 e. The third-order valence-corrected chi connectivity index (χ3v) is 6.29. The second-order valence-electron chi connectivity index (χ2n) is 6.79. The van der Waals surface area contributed by atoms with Gasteiger partial charge in [-0.25, -0.2) is 13.1 Å². The average Bonchev–Trinajstić information content (AvgIpc) is 2.56. The molecule has 1 aliphatic rings. The topological polar surface area (TPSA) is 78.4 Å². The molecule has 1 aromatic carbocycles. The van der Waals surface area contributed by atoms with Crippen molar-refractivity contribution in [3.8, 4) is 0 Å². The lowest BCUT2D eigenvalue weighted by Crippen LogP contribution is -2.44. The van der Waals surface area contributed by atoms with Crippen molar-refractivity contribution in [2.24, 2.45) is 5.92 Å². The van der Waals surface area contributed by atoms with Crippen molar-refractivity contribution < 1.29 is 13.5 Å². The van der Waals surface area contributed by atoms with Gasteiger partial charge in [0.05, 0.1) is 10.5 Å². The van der Waals surface area contributed by atoms with Gasteiger partial charge in [-0.3, -0.25) is 0 Å². The Morgan fingerprint density at radius 2 is 2.00 bits per heavy atom. The van der Waals surface area contributed by atoms with Crippen LogP contribution in [0.1, 0.15) is 51.1 Å². The second kappa shape index (κ2) is 7.30. The summed E-state index contributed by atoms with van der Waals surface area (Å²) in [5, 5.41) is 14.0. The lowest BCUT2D eigenvalue weighted by Gasteiger charge is -2.36. The number of nitrogens with one attached hydrogen (secondary N) is 2. The number of aliphatic hydroxyl groups is 1. The van der Waals surface area contributed by atoms with E-state index in [2.05, 4.69) is 17.0 Å². The number of rotatable bonds is 6. The maximum Gasteiger partial charge on any atom is 0.240 e. The molecule has 0 amide bonds. The molecule has 1 aromatic rings. The van der Waals surface area contributed by atoms with Crippen LogP contribution < -0.4 is 10.0 Å². The molecule has 1 fully saturated rings. The zero-order valence-corrected chi connectivity index (χ0v) is 15.0. The smallest absolute Gasteiger partial charge is 0.240 e. The Morgan fingerprint density at radius 1 is 1.35 bits per heavy atom. The summed E-state index contributed by atoms with van der Waals surface area (Å²) in [5.41, 5.74) is 0.254. The van der Waals surface area contributed by atoms with Crippen molar-refractivity contribution in [3.63, 3.8) is 0 Å².